The first-order valence-corrected chi connectivity index (χ1v) is 8.13. The largest absolute Gasteiger partial charge is 0.243 e. The van der Waals surface area contributed by atoms with E-state index in [0.29, 0.717) is 4.47 Å². The Hall–Kier alpha value is -0.350. The molecule has 0 fully saturated rings. The molecule has 0 spiro atoms. The quantitative estimate of drug-likeness (QED) is 0.800. The number of terminal acetylenes is 1. The molecule has 6 heteroatoms. The maximum absolute atomic E-state index is 12.2. The molecule has 98 valence electrons. The molecule has 0 aromatic heterocycles. The minimum atomic E-state index is -3.67. The van der Waals surface area contributed by atoms with Gasteiger partial charge < -0.3 is 0 Å². The van der Waals surface area contributed by atoms with Crippen LogP contribution in [0.3, 0.4) is 0 Å². The first-order chi connectivity index (χ1) is 8.09. The van der Waals surface area contributed by atoms with E-state index in [2.05, 4.69) is 42.5 Å². The van der Waals surface area contributed by atoms with E-state index < -0.39 is 15.6 Å². The highest BCUT2D eigenvalue weighted by Gasteiger charge is 2.26. The lowest BCUT2D eigenvalue weighted by Gasteiger charge is -2.20. The fourth-order valence-corrected chi connectivity index (χ4v) is 4.28. The van der Waals surface area contributed by atoms with Crippen molar-refractivity contribution in [3.8, 4) is 12.3 Å². The summed E-state index contributed by atoms with van der Waals surface area (Å²) in [6.07, 6.45) is 5.29. The molecule has 0 bridgehead atoms. The van der Waals surface area contributed by atoms with E-state index in [1.807, 2.05) is 6.92 Å². The van der Waals surface area contributed by atoms with Crippen LogP contribution >= 0.6 is 31.9 Å². The number of rotatable bonds is 3. The van der Waals surface area contributed by atoms with Crippen LogP contribution in [0.1, 0.15) is 19.4 Å². The van der Waals surface area contributed by atoms with Gasteiger partial charge in [0.25, 0.3) is 0 Å². The summed E-state index contributed by atoms with van der Waals surface area (Å²) >= 11 is 6.57. The van der Waals surface area contributed by atoms with E-state index in [1.165, 1.54) is 0 Å². The minimum Gasteiger partial charge on any atom is -0.207 e. The van der Waals surface area contributed by atoms with Crippen molar-refractivity contribution in [2.45, 2.75) is 31.2 Å². The van der Waals surface area contributed by atoms with Crippen LogP contribution in [0.2, 0.25) is 0 Å². The molecular formula is C12H13Br2NO2S. The van der Waals surface area contributed by atoms with Gasteiger partial charge in [-0.05, 0) is 54.4 Å². The third-order valence-corrected chi connectivity index (χ3v) is 5.72. The molecule has 3 nitrogen and oxygen atoms in total. The highest BCUT2D eigenvalue weighted by Crippen LogP contribution is 2.29. The predicted molar refractivity (Wildman–Crippen MR) is 79.8 cm³/mol. The standard InChI is InChI=1S/C12H13Br2NO2S/c1-5-12(3,4)15-18(16,17)11-7-9(13)8(2)6-10(11)14/h1,6-7,15H,2-4H3. The predicted octanol–water partition coefficient (Wildman–Crippen LogP) is 3.21. The molecule has 0 unspecified atom stereocenters. The molecule has 0 atom stereocenters. The van der Waals surface area contributed by atoms with E-state index in [-0.39, 0.29) is 4.90 Å². The van der Waals surface area contributed by atoms with Gasteiger partial charge in [0.2, 0.25) is 10.0 Å². The number of hydrogen-bond acceptors (Lipinski definition) is 2. The van der Waals surface area contributed by atoms with Gasteiger partial charge in [-0.1, -0.05) is 21.9 Å². The zero-order valence-electron chi connectivity index (χ0n) is 10.2. The monoisotopic (exact) mass is 393 g/mol. The lowest BCUT2D eigenvalue weighted by Crippen LogP contribution is -2.42. The van der Waals surface area contributed by atoms with Crippen LogP contribution in [0.4, 0.5) is 0 Å². The number of halogens is 2. The first kappa shape index (κ1) is 15.7. The number of benzene rings is 1. The average molecular weight is 395 g/mol. The molecule has 0 aliphatic carbocycles. The lowest BCUT2D eigenvalue weighted by molar-refractivity contribution is 0.538. The van der Waals surface area contributed by atoms with Gasteiger partial charge in [0, 0.05) is 8.95 Å². The van der Waals surface area contributed by atoms with Crippen LogP contribution in [-0.2, 0) is 10.0 Å². The van der Waals surface area contributed by atoms with Crippen LogP contribution in [0.25, 0.3) is 0 Å². The summed E-state index contributed by atoms with van der Waals surface area (Å²) in [6, 6.07) is 3.29. The molecule has 0 aliphatic rings. The third-order valence-electron chi connectivity index (χ3n) is 2.25. The molecule has 0 amide bonds. The molecule has 1 N–H and O–H groups in total. The van der Waals surface area contributed by atoms with E-state index >= 15 is 0 Å². The number of aryl methyl sites for hydroxylation is 1. The molecule has 1 rings (SSSR count). The van der Waals surface area contributed by atoms with Crippen molar-refractivity contribution in [3.63, 3.8) is 0 Å². The number of sulfonamides is 1. The summed E-state index contributed by atoms with van der Waals surface area (Å²) in [5, 5.41) is 0. The SMILES string of the molecule is C#CC(C)(C)NS(=O)(=O)c1cc(Br)c(C)cc1Br. The van der Waals surface area contributed by atoms with Crippen LogP contribution in [-0.4, -0.2) is 14.0 Å². The van der Waals surface area contributed by atoms with E-state index in [9.17, 15) is 8.42 Å². The summed E-state index contributed by atoms with van der Waals surface area (Å²) in [4.78, 5) is 0.156. The Bertz CT molecular complexity index is 616. The maximum Gasteiger partial charge on any atom is 0.243 e. The van der Waals surface area contributed by atoms with Gasteiger partial charge in [-0.3, -0.25) is 0 Å². The second kappa shape index (κ2) is 5.33. The van der Waals surface area contributed by atoms with Crippen LogP contribution in [0, 0.1) is 19.3 Å². The van der Waals surface area contributed by atoms with Crippen molar-refractivity contribution < 1.29 is 8.42 Å². The Morgan fingerprint density at radius 2 is 1.83 bits per heavy atom. The minimum absolute atomic E-state index is 0.156. The lowest BCUT2D eigenvalue weighted by atomic mass is 10.1. The van der Waals surface area contributed by atoms with Crippen LogP contribution in [0.15, 0.2) is 26.0 Å². The smallest absolute Gasteiger partial charge is 0.207 e. The zero-order valence-corrected chi connectivity index (χ0v) is 14.2. The Kier molecular flexibility index (Phi) is 4.65. The van der Waals surface area contributed by atoms with Crippen molar-refractivity contribution in [1.29, 1.82) is 0 Å². The van der Waals surface area contributed by atoms with E-state index in [1.54, 1.807) is 26.0 Å². The third kappa shape index (κ3) is 3.58. The highest BCUT2D eigenvalue weighted by atomic mass is 79.9. The van der Waals surface area contributed by atoms with Gasteiger partial charge in [-0.15, -0.1) is 6.42 Å². The highest BCUT2D eigenvalue weighted by molar-refractivity contribution is 9.11. The Labute approximate surface area is 125 Å². The summed E-state index contributed by atoms with van der Waals surface area (Å²) < 4.78 is 28.2. The van der Waals surface area contributed by atoms with Crippen LogP contribution < -0.4 is 4.72 Å². The number of nitrogens with one attached hydrogen (secondary N) is 1. The van der Waals surface area contributed by atoms with Gasteiger partial charge >= 0.3 is 0 Å². The van der Waals surface area contributed by atoms with E-state index in [4.69, 9.17) is 6.42 Å². The molecule has 1 aromatic carbocycles. The summed E-state index contributed by atoms with van der Waals surface area (Å²) in [7, 11) is -3.67. The van der Waals surface area contributed by atoms with Gasteiger partial charge in [0.1, 0.15) is 0 Å². The van der Waals surface area contributed by atoms with Gasteiger partial charge in [-0.25, -0.2) is 8.42 Å². The van der Waals surface area contributed by atoms with Crippen molar-refractivity contribution in [2.75, 3.05) is 0 Å². The van der Waals surface area contributed by atoms with Crippen molar-refractivity contribution in [2.24, 2.45) is 0 Å². The van der Waals surface area contributed by atoms with Gasteiger partial charge in [0.15, 0.2) is 0 Å². The fourth-order valence-electron chi connectivity index (χ4n) is 1.25. The Morgan fingerprint density at radius 1 is 1.28 bits per heavy atom. The summed E-state index contributed by atoms with van der Waals surface area (Å²) in [6.45, 7) is 5.13. The first-order valence-electron chi connectivity index (χ1n) is 5.06. The van der Waals surface area contributed by atoms with Gasteiger partial charge in [-0.2, -0.15) is 4.72 Å². The van der Waals surface area contributed by atoms with Crippen molar-refractivity contribution in [1.82, 2.24) is 4.72 Å². The molecular weight excluding hydrogens is 382 g/mol. The average Bonchev–Trinajstić information content (AvgIpc) is 2.21. The van der Waals surface area contributed by atoms with E-state index in [0.717, 1.165) is 10.0 Å². The molecule has 0 heterocycles. The number of hydrogen-bond donors (Lipinski definition) is 1. The maximum atomic E-state index is 12.2. The summed E-state index contributed by atoms with van der Waals surface area (Å²) in [5.74, 6) is 2.40. The molecule has 18 heavy (non-hydrogen) atoms. The normalized spacial score (nSPS) is 12.2. The molecule has 0 saturated carbocycles. The molecule has 1 aromatic rings. The Balaban J connectivity index is 3.31. The van der Waals surface area contributed by atoms with Crippen LogP contribution in [0.5, 0.6) is 0 Å². The van der Waals surface area contributed by atoms with Crippen molar-refractivity contribution >= 4 is 41.9 Å². The fraction of sp³-hybridized carbons (Fsp3) is 0.333. The second-order valence-electron chi connectivity index (χ2n) is 4.41. The second-order valence-corrected chi connectivity index (χ2v) is 7.77. The van der Waals surface area contributed by atoms with Gasteiger partial charge in [0.05, 0.1) is 10.4 Å². The molecule has 0 aliphatic heterocycles. The zero-order chi connectivity index (χ0) is 14.1. The Morgan fingerprint density at radius 3 is 2.33 bits per heavy atom. The van der Waals surface area contributed by atoms with Crippen molar-refractivity contribution in [3.05, 3.63) is 26.6 Å². The topological polar surface area (TPSA) is 46.2 Å². The molecule has 0 radical (unpaired) electrons. The summed E-state index contributed by atoms with van der Waals surface area (Å²) in [5.41, 5.74) is 0.00681. The molecule has 0 saturated heterocycles.